The van der Waals surface area contributed by atoms with Crippen LogP contribution in [0.15, 0.2) is 4.99 Å². The van der Waals surface area contributed by atoms with Crippen LogP contribution in [0.5, 0.6) is 0 Å². The third-order valence-corrected chi connectivity index (χ3v) is 6.69. The van der Waals surface area contributed by atoms with E-state index in [-0.39, 0.29) is 5.54 Å². The fourth-order valence-corrected chi connectivity index (χ4v) is 4.69. The Kier molecular flexibility index (Phi) is 7.67. The number of rotatable bonds is 5. The van der Waals surface area contributed by atoms with Gasteiger partial charge in [-0.3, -0.25) is 14.8 Å². The van der Waals surface area contributed by atoms with Crippen molar-refractivity contribution in [3.05, 3.63) is 0 Å². The van der Waals surface area contributed by atoms with E-state index in [4.69, 9.17) is 9.73 Å². The molecule has 3 rings (SSSR count). The van der Waals surface area contributed by atoms with Crippen molar-refractivity contribution in [1.29, 1.82) is 0 Å². The molecule has 1 unspecified atom stereocenters. The van der Waals surface area contributed by atoms with Gasteiger partial charge in [0.15, 0.2) is 5.96 Å². The van der Waals surface area contributed by atoms with E-state index in [9.17, 15) is 13.2 Å². The molecule has 9 heteroatoms. The summed E-state index contributed by atoms with van der Waals surface area (Å²) in [6.45, 7) is 10.5. The van der Waals surface area contributed by atoms with E-state index < -0.39 is 12.2 Å². The number of hydrogen-bond donors (Lipinski definition) is 1. The molecule has 0 amide bonds. The Morgan fingerprint density at radius 3 is 2.24 bits per heavy atom. The zero-order chi connectivity index (χ0) is 20.9. The van der Waals surface area contributed by atoms with E-state index in [0.717, 1.165) is 58.2 Å². The van der Waals surface area contributed by atoms with Crippen molar-refractivity contribution >= 4 is 5.96 Å². The Morgan fingerprint density at radius 2 is 1.69 bits per heavy atom. The maximum absolute atomic E-state index is 13.0. The van der Waals surface area contributed by atoms with Gasteiger partial charge >= 0.3 is 6.18 Å². The lowest BCUT2D eigenvalue weighted by Gasteiger charge is -2.44. The van der Waals surface area contributed by atoms with Gasteiger partial charge in [-0.25, -0.2) is 0 Å². The summed E-state index contributed by atoms with van der Waals surface area (Å²) in [6, 6.07) is -1.40. The Balaban J connectivity index is 1.65. The second kappa shape index (κ2) is 9.83. The summed E-state index contributed by atoms with van der Waals surface area (Å²) in [4.78, 5) is 11.2. The van der Waals surface area contributed by atoms with Gasteiger partial charge in [0.05, 0.1) is 6.54 Å². The van der Waals surface area contributed by atoms with E-state index in [1.807, 2.05) is 6.92 Å². The fraction of sp³-hybridized carbons (Fsp3) is 0.950. The maximum Gasteiger partial charge on any atom is 0.403 e. The molecule has 3 saturated heterocycles. The Morgan fingerprint density at radius 1 is 1.07 bits per heavy atom. The molecule has 0 spiro atoms. The largest absolute Gasteiger partial charge is 0.403 e. The number of alkyl halides is 3. The standard InChI is InChI=1S/C20H36F3N5O/c1-3-24-18(27-12-10-26(11-13-27)17(2)20(21,22)23)25-16-19(6-14-29-15-7-19)28-8-4-5-9-28/h17H,3-16H2,1-2H3,(H,24,25). The summed E-state index contributed by atoms with van der Waals surface area (Å²) in [5.74, 6) is 0.830. The van der Waals surface area contributed by atoms with Crippen LogP contribution in [0.25, 0.3) is 0 Å². The Hall–Kier alpha value is -1.06. The number of ether oxygens (including phenoxy) is 1. The van der Waals surface area contributed by atoms with Crippen LogP contribution in [0.2, 0.25) is 0 Å². The van der Waals surface area contributed by atoms with Crippen LogP contribution in [0.4, 0.5) is 13.2 Å². The molecule has 1 N–H and O–H groups in total. The van der Waals surface area contributed by atoms with Crippen LogP contribution in [0, 0.1) is 0 Å². The summed E-state index contributed by atoms with van der Waals surface area (Å²) in [7, 11) is 0. The normalized spacial score (nSPS) is 26.0. The SMILES string of the molecule is CCNC(=NCC1(N2CCCC2)CCOCC1)N1CCN(C(C)C(F)(F)F)CC1. The van der Waals surface area contributed by atoms with Crippen LogP contribution in [0.1, 0.15) is 39.5 Å². The van der Waals surface area contributed by atoms with Crippen molar-refractivity contribution in [2.75, 3.05) is 65.6 Å². The first kappa shape index (κ1) is 22.6. The minimum Gasteiger partial charge on any atom is -0.381 e. The highest BCUT2D eigenvalue weighted by Crippen LogP contribution is 2.32. The van der Waals surface area contributed by atoms with Crippen molar-refractivity contribution < 1.29 is 17.9 Å². The van der Waals surface area contributed by atoms with E-state index in [1.54, 1.807) is 0 Å². The van der Waals surface area contributed by atoms with Gasteiger partial charge in [-0.1, -0.05) is 0 Å². The molecule has 168 valence electrons. The van der Waals surface area contributed by atoms with Gasteiger partial charge < -0.3 is 15.0 Å². The Labute approximate surface area is 172 Å². The smallest absolute Gasteiger partial charge is 0.381 e. The molecule has 3 aliphatic rings. The molecular formula is C20H36F3N5O. The lowest BCUT2D eigenvalue weighted by Crippen LogP contribution is -2.57. The van der Waals surface area contributed by atoms with Crippen LogP contribution < -0.4 is 5.32 Å². The molecule has 0 saturated carbocycles. The lowest BCUT2D eigenvalue weighted by atomic mass is 9.88. The zero-order valence-corrected chi connectivity index (χ0v) is 17.8. The molecule has 3 heterocycles. The topological polar surface area (TPSA) is 43.3 Å². The number of aliphatic imine (C=N–C) groups is 1. The van der Waals surface area contributed by atoms with Gasteiger partial charge in [-0.2, -0.15) is 13.2 Å². The molecule has 3 aliphatic heterocycles. The summed E-state index contributed by atoms with van der Waals surface area (Å²) in [5, 5.41) is 3.36. The third kappa shape index (κ3) is 5.55. The van der Waals surface area contributed by atoms with Crippen molar-refractivity contribution in [2.45, 2.75) is 57.3 Å². The van der Waals surface area contributed by atoms with E-state index in [2.05, 4.69) is 15.1 Å². The van der Waals surface area contributed by atoms with Gasteiger partial charge in [0.25, 0.3) is 0 Å². The van der Waals surface area contributed by atoms with Gasteiger partial charge in [-0.05, 0) is 52.6 Å². The highest BCUT2D eigenvalue weighted by atomic mass is 19.4. The second-order valence-electron chi connectivity index (χ2n) is 8.44. The van der Waals surface area contributed by atoms with Crippen LogP contribution in [-0.2, 0) is 4.74 Å². The number of likely N-dealkylation sites (tertiary alicyclic amines) is 1. The van der Waals surface area contributed by atoms with Crippen molar-refractivity contribution in [1.82, 2.24) is 20.0 Å². The van der Waals surface area contributed by atoms with Crippen LogP contribution in [-0.4, -0.2) is 104 Å². The van der Waals surface area contributed by atoms with Gasteiger partial charge in [0.2, 0.25) is 0 Å². The Bertz CT molecular complexity index is 537. The number of piperazine rings is 1. The van der Waals surface area contributed by atoms with E-state index in [1.165, 1.54) is 24.7 Å². The first-order valence-electron chi connectivity index (χ1n) is 11.0. The van der Waals surface area contributed by atoms with Crippen molar-refractivity contribution in [3.8, 4) is 0 Å². The molecule has 0 aromatic rings. The third-order valence-electron chi connectivity index (χ3n) is 6.69. The molecule has 1 atom stereocenters. The summed E-state index contributed by atoms with van der Waals surface area (Å²) in [6.07, 6.45) is 0.295. The molecule has 0 aromatic heterocycles. The highest BCUT2D eigenvalue weighted by Gasteiger charge is 2.42. The van der Waals surface area contributed by atoms with Gasteiger partial charge in [-0.15, -0.1) is 0 Å². The van der Waals surface area contributed by atoms with Crippen LogP contribution in [0.3, 0.4) is 0 Å². The van der Waals surface area contributed by atoms with Crippen molar-refractivity contribution in [3.63, 3.8) is 0 Å². The minimum absolute atomic E-state index is 0.0576. The lowest BCUT2D eigenvalue weighted by molar-refractivity contribution is -0.181. The number of nitrogens with one attached hydrogen (secondary N) is 1. The van der Waals surface area contributed by atoms with E-state index in [0.29, 0.717) is 26.2 Å². The maximum atomic E-state index is 13.0. The minimum atomic E-state index is -4.17. The first-order valence-corrected chi connectivity index (χ1v) is 11.0. The number of nitrogens with zero attached hydrogens (tertiary/aromatic N) is 4. The first-order chi connectivity index (χ1) is 13.9. The van der Waals surface area contributed by atoms with Gasteiger partial charge in [0.1, 0.15) is 6.04 Å². The van der Waals surface area contributed by atoms with Crippen LogP contribution >= 0.6 is 0 Å². The summed E-state index contributed by atoms with van der Waals surface area (Å²) in [5.41, 5.74) is 0.0576. The monoisotopic (exact) mass is 419 g/mol. The zero-order valence-electron chi connectivity index (χ0n) is 17.8. The molecular weight excluding hydrogens is 383 g/mol. The quantitative estimate of drug-likeness (QED) is 0.547. The number of hydrogen-bond acceptors (Lipinski definition) is 4. The highest BCUT2D eigenvalue weighted by molar-refractivity contribution is 5.80. The van der Waals surface area contributed by atoms with Crippen molar-refractivity contribution in [2.24, 2.45) is 4.99 Å². The molecule has 29 heavy (non-hydrogen) atoms. The van der Waals surface area contributed by atoms with E-state index >= 15 is 0 Å². The molecule has 0 aromatic carbocycles. The summed E-state index contributed by atoms with van der Waals surface area (Å²) >= 11 is 0. The molecule has 0 aliphatic carbocycles. The second-order valence-corrected chi connectivity index (χ2v) is 8.44. The predicted molar refractivity (Wildman–Crippen MR) is 108 cm³/mol. The molecule has 0 bridgehead atoms. The average molecular weight is 420 g/mol. The fourth-order valence-electron chi connectivity index (χ4n) is 4.69. The predicted octanol–water partition coefficient (Wildman–Crippen LogP) is 2.17. The average Bonchev–Trinajstić information content (AvgIpc) is 3.26. The summed E-state index contributed by atoms with van der Waals surface area (Å²) < 4.78 is 44.7. The molecule has 3 fully saturated rings. The number of guanidine groups is 1. The molecule has 6 nitrogen and oxygen atoms in total. The number of halogens is 3. The molecule has 0 radical (unpaired) electrons. The van der Waals surface area contributed by atoms with Gasteiger partial charge in [0, 0.05) is 51.5 Å².